The van der Waals surface area contributed by atoms with Crippen molar-refractivity contribution >= 4 is 17.0 Å². The van der Waals surface area contributed by atoms with Gasteiger partial charge in [-0.1, -0.05) is 24.9 Å². The highest BCUT2D eigenvalue weighted by molar-refractivity contribution is 6.06. The van der Waals surface area contributed by atoms with E-state index in [1.165, 1.54) is 19.3 Å². The van der Waals surface area contributed by atoms with Gasteiger partial charge in [-0.15, -0.1) is 0 Å². The molecule has 1 atom stereocenters. The second-order valence-electron chi connectivity index (χ2n) is 7.69. The van der Waals surface area contributed by atoms with Gasteiger partial charge in [-0.05, 0) is 51.0 Å². The first-order valence-electron chi connectivity index (χ1n) is 9.73. The fourth-order valence-electron chi connectivity index (χ4n) is 4.11. The molecule has 3 heterocycles. The van der Waals surface area contributed by atoms with Crippen molar-refractivity contribution in [3.63, 3.8) is 0 Å². The molecule has 0 bridgehead atoms. The number of carbonyl (C=O) groups excluding carboxylic acids is 1. The zero-order valence-corrected chi connectivity index (χ0v) is 15.3. The van der Waals surface area contributed by atoms with Crippen LogP contribution in [0.25, 0.3) is 11.1 Å². The number of fused-ring (bicyclic) bond motifs is 1. The normalized spacial score (nSPS) is 21.5. The summed E-state index contributed by atoms with van der Waals surface area (Å²) in [4.78, 5) is 19.9. The zero-order valence-electron chi connectivity index (χ0n) is 15.3. The molecular formula is C20H27N3O2. The van der Waals surface area contributed by atoms with Crippen LogP contribution in [-0.2, 0) is 0 Å². The number of hydrogen-bond donors (Lipinski definition) is 0. The van der Waals surface area contributed by atoms with Crippen LogP contribution in [0.15, 0.2) is 10.6 Å². The van der Waals surface area contributed by atoms with Gasteiger partial charge in [0.25, 0.3) is 11.6 Å². The standard InChI is InChI=1S/C20H27N3O2/c1-3-5-14-6-4-10-23(11-9-14)20(24)16-12-17(15-7-8-15)21-19-18(16)13(2)22-25-19/h12,14-15H,3-11H2,1-2H3. The molecule has 0 N–H and O–H groups in total. The molecule has 0 spiro atoms. The van der Waals surface area contributed by atoms with Crippen LogP contribution in [0.1, 0.15) is 79.5 Å². The topological polar surface area (TPSA) is 59.2 Å². The van der Waals surface area contributed by atoms with Crippen molar-refractivity contribution in [3.05, 3.63) is 23.0 Å². The summed E-state index contributed by atoms with van der Waals surface area (Å²) in [5.41, 5.74) is 3.00. The number of aromatic nitrogens is 2. The fourth-order valence-corrected chi connectivity index (χ4v) is 4.11. The van der Waals surface area contributed by atoms with E-state index in [1.807, 2.05) is 17.9 Å². The minimum Gasteiger partial charge on any atom is -0.339 e. The van der Waals surface area contributed by atoms with E-state index in [9.17, 15) is 4.79 Å². The lowest BCUT2D eigenvalue weighted by Crippen LogP contribution is -2.32. The predicted octanol–water partition coefficient (Wildman–Crippen LogP) is 4.45. The van der Waals surface area contributed by atoms with Gasteiger partial charge < -0.3 is 9.42 Å². The number of rotatable bonds is 4. The summed E-state index contributed by atoms with van der Waals surface area (Å²) in [7, 11) is 0. The molecule has 4 rings (SSSR count). The van der Waals surface area contributed by atoms with Crippen molar-refractivity contribution in [2.75, 3.05) is 13.1 Å². The molecule has 2 aromatic heterocycles. The summed E-state index contributed by atoms with van der Waals surface area (Å²) in [5.74, 6) is 1.37. The first kappa shape index (κ1) is 16.6. The van der Waals surface area contributed by atoms with E-state index >= 15 is 0 Å². The van der Waals surface area contributed by atoms with Crippen molar-refractivity contribution in [3.8, 4) is 0 Å². The van der Waals surface area contributed by atoms with Crippen LogP contribution in [0, 0.1) is 12.8 Å². The SMILES string of the molecule is CCCC1CCCN(C(=O)c2cc(C3CC3)nc3onc(C)c23)CC1. The molecule has 2 fully saturated rings. The molecule has 1 aliphatic carbocycles. The van der Waals surface area contributed by atoms with Crippen LogP contribution in [0.3, 0.4) is 0 Å². The number of hydrogen-bond acceptors (Lipinski definition) is 4. The molecule has 5 heteroatoms. The Bertz CT molecular complexity index is 779. The van der Waals surface area contributed by atoms with Crippen molar-refractivity contribution in [2.24, 2.45) is 5.92 Å². The molecule has 1 amide bonds. The van der Waals surface area contributed by atoms with Gasteiger partial charge in [0, 0.05) is 24.7 Å². The number of aryl methyl sites for hydroxylation is 1. The smallest absolute Gasteiger partial charge is 0.259 e. The maximum atomic E-state index is 13.3. The van der Waals surface area contributed by atoms with Crippen molar-refractivity contribution in [1.82, 2.24) is 15.0 Å². The van der Waals surface area contributed by atoms with Crippen LogP contribution < -0.4 is 0 Å². The summed E-state index contributed by atoms with van der Waals surface area (Å²) in [6.45, 7) is 5.85. The second kappa shape index (κ2) is 6.77. The van der Waals surface area contributed by atoms with Gasteiger partial charge in [-0.3, -0.25) is 4.79 Å². The summed E-state index contributed by atoms with van der Waals surface area (Å²) < 4.78 is 5.39. The molecule has 0 radical (unpaired) electrons. The lowest BCUT2D eigenvalue weighted by Gasteiger charge is -2.21. The molecule has 5 nitrogen and oxygen atoms in total. The summed E-state index contributed by atoms with van der Waals surface area (Å²) in [5, 5.41) is 4.85. The van der Waals surface area contributed by atoms with Crippen molar-refractivity contribution in [1.29, 1.82) is 0 Å². The first-order valence-corrected chi connectivity index (χ1v) is 9.73. The molecule has 2 aromatic rings. The Labute approximate surface area is 148 Å². The van der Waals surface area contributed by atoms with Gasteiger partial charge in [0.05, 0.1) is 16.6 Å². The highest BCUT2D eigenvalue weighted by atomic mass is 16.5. The fraction of sp³-hybridized carbons (Fsp3) is 0.650. The predicted molar refractivity (Wildman–Crippen MR) is 96.7 cm³/mol. The maximum absolute atomic E-state index is 13.3. The maximum Gasteiger partial charge on any atom is 0.259 e. The third-order valence-corrected chi connectivity index (χ3v) is 5.69. The minimum atomic E-state index is 0.123. The summed E-state index contributed by atoms with van der Waals surface area (Å²) in [6.07, 6.45) is 8.27. The van der Waals surface area contributed by atoms with E-state index in [-0.39, 0.29) is 5.91 Å². The van der Waals surface area contributed by atoms with E-state index < -0.39 is 0 Å². The molecule has 0 aromatic carbocycles. The number of amides is 1. The number of likely N-dealkylation sites (tertiary alicyclic amines) is 1. The Morgan fingerprint density at radius 1 is 1.28 bits per heavy atom. The van der Waals surface area contributed by atoms with Gasteiger partial charge in [-0.2, -0.15) is 0 Å². The average Bonchev–Trinajstić information content (AvgIpc) is 3.42. The van der Waals surface area contributed by atoms with Crippen LogP contribution in [-0.4, -0.2) is 34.0 Å². The number of pyridine rings is 1. The molecule has 1 saturated carbocycles. The van der Waals surface area contributed by atoms with Crippen LogP contribution in [0.4, 0.5) is 0 Å². The average molecular weight is 341 g/mol. The van der Waals surface area contributed by atoms with E-state index in [1.54, 1.807) is 0 Å². The Hall–Kier alpha value is -1.91. The van der Waals surface area contributed by atoms with Crippen LogP contribution in [0.2, 0.25) is 0 Å². The Balaban J connectivity index is 1.64. The van der Waals surface area contributed by atoms with Gasteiger partial charge in [0.15, 0.2) is 0 Å². The second-order valence-corrected chi connectivity index (χ2v) is 7.69. The Morgan fingerprint density at radius 3 is 2.88 bits per heavy atom. The third kappa shape index (κ3) is 3.29. The quantitative estimate of drug-likeness (QED) is 0.824. The van der Waals surface area contributed by atoms with Gasteiger partial charge >= 0.3 is 0 Å². The largest absolute Gasteiger partial charge is 0.339 e. The Kier molecular flexibility index (Phi) is 4.48. The van der Waals surface area contributed by atoms with Crippen molar-refractivity contribution < 1.29 is 9.32 Å². The lowest BCUT2D eigenvalue weighted by molar-refractivity contribution is 0.0761. The van der Waals surface area contributed by atoms with Crippen LogP contribution in [0.5, 0.6) is 0 Å². The minimum absolute atomic E-state index is 0.123. The molecule has 1 aliphatic heterocycles. The van der Waals surface area contributed by atoms with Gasteiger partial charge in [0.1, 0.15) is 0 Å². The molecule has 2 aliphatic rings. The van der Waals surface area contributed by atoms with E-state index in [4.69, 9.17) is 4.52 Å². The van der Waals surface area contributed by atoms with Gasteiger partial charge in [-0.25, -0.2) is 4.98 Å². The van der Waals surface area contributed by atoms with E-state index in [0.717, 1.165) is 67.0 Å². The number of carbonyl (C=O) groups is 1. The highest BCUT2D eigenvalue weighted by Gasteiger charge is 2.30. The monoisotopic (exact) mass is 341 g/mol. The molecule has 1 unspecified atom stereocenters. The molecular weight excluding hydrogens is 314 g/mol. The molecule has 134 valence electrons. The summed E-state index contributed by atoms with van der Waals surface area (Å²) in [6, 6.07) is 2.00. The molecule has 25 heavy (non-hydrogen) atoms. The van der Waals surface area contributed by atoms with Crippen molar-refractivity contribution in [2.45, 2.75) is 64.7 Å². The Morgan fingerprint density at radius 2 is 2.12 bits per heavy atom. The van der Waals surface area contributed by atoms with Gasteiger partial charge in [0.2, 0.25) is 0 Å². The van der Waals surface area contributed by atoms with E-state index in [2.05, 4.69) is 17.1 Å². The lowest BCUT2D eigenvalue weighted by atomic mass is 9.96. The highest BCUT2D eigenvalue weighted by Crippen LogP contribution is 2.40. The first-order chi connectivity index (χ1) is 12.2. The van der Waals surface area contributed by atoms with E-state index in [0.29, 0.717) is 11.6 Å². The summed E-state index contributed by atoms with van der Waals surface area (Å²) >= 11 is 0. The zero-order chi connectivity index (χ0) is 17.4. The third-order valence-electron chi connectivity index (χ3n) is 5.69. The number of nitrogens with zero attached hydrogens (tertiary/aromatic N) is 3. The van der Waals surface area contributed by atoms with Crippen LogP contribution >= 0.6 is 0 Å². The molecule has 1 saturated heterocycles.